The number of likely N-dealkylation sites (tertiary alicyclic amines) is 1. The minimum atomic E-state index is 0.507. The number of guanidine groups is 1. The summed E-state index contributed by atoms with van der Waals surface area (Å²) in [5.74, 6) is 2.45. The van der Waals surface area contributed by atoms with Gasteiger partial charge in [0.25, 0.3) is 0 Å². The monoisotopic (exact) mass is 306 g/mol. The van der Waals surface area contributed by atoms with E-state index < -0.39 is 0 Å². The number of thiazole rings is 1. The second-order valence-corrected chi connectivity index (χ2v) is 7.59. The van der Waals surface area contributed by atoms with Crippen molar-refractivity contribution in [1.82, 2.24) is 15.2 Å². The number of hydrogen-bond acceptors (Lipinski definition) is 4. The maximum atomic E-state index is 6.04. The second-order valence-electron chi connectivity index (χ2n) is 6.27. The molecular formula is C15H22N4OS. The summed E-state index contributed by atoms with van der Waals surface area (Å²) in [5.41, 5.74) is 0. The van der Waals surface area contributed by atoms with Crippen LogP contribution in [0.2, 0.25) is 0 Å². The Morgan fingerprint density at radius 1 is 1.43 bits per heavy atom. The quantitative estimate of drug-likeness (QED) is 0.666. The van der Waals surface area contributed by atoms with Crippen molar-refractivity contribution >= 4 is 17.3 Å². The van der Waals surface area contributed by atoms with E-state index in [2.05, 4.69) is 20.2 Å². The lowest BCUT2D eigenvalue weighted by Crippen LogP contribution is -2.40. The SMILES string of the molecule is CN=C(NCc1cnc(C)s1)N1CC2C3CCC(O3)C2C1. The first-order chi connectivity index (χ1) is 10.2. The van der Waals surface area contributed by atoms with Crippen molar-refractivity contribution in [1.29, 1.82) is 0 Å². The minimum Gasteiger partial charge on any atom is -0.374 e. The average Bonchev–Trinajstić information content (AvgIpc) is 3.20. The van der Waals surface area contributed by atoms with Gasteiger partial charge in [-0.05, 0) is 19.8 Å². The summed E-state index contributed by atoms with van der Waals surface area (Å²) in [6.45, 7) is 5.04. The van der Waals surface area contributed by atoms with Crippen LogP contribution in [0.1, 0.15) is 22.7 Å². The van der Waals surface area contributed by atoms with Crippen molar-refractivity contribution in [3.05, 3.63) is 16.1 Å². The van der Waals surface area contributed by atoms with Gasteiger partial charge in [-0.1, -0.05) is 0 Å². The van der Waals surface area contributed by atoms with Crippen LogP contribution in [0.15, 0.2) is 11.2 Å². The Bertz CT molecular complexity index is 540. The van der Waals surface area contributed by atoms with E-state index in [1.54, 1.807) is 11.3 Å². The summed E-state index contributed by atoms with van der Waals surface area (Å²) in [5, 5.41) is 4.60. The highest BCUT2D eigenvalue weighted by molar-refractivity contribution is 7.11. The largest absolute Gasteiger partial charge is 0.374 e. The smallest absolute Gasteiger partial charge is 0.193 e. The van der Waals surface area contributed by atoms with E-state index in [1.807, 2.05) is 20.2 Å². The lowest BCUT2D eigenvalue weighted by Gasteiger charge is -2.23. The van der Waals surface area contributed by atoms with Gasteiger partial charge in [-0.3, -0.25) is 4.99 Å². The molecule has 1 N–H and O–H groups in total. The Labute approximate surface area is 129 Å². The number of fused-ring (bicyclic) bond motifs is 5. The molecule has 21 heavy (non-hydrogen) atoms. The zero-order valence-electron chi connectivity index (χ0n) is 12.6. The normalized spacial score (nSPS) is 34.6. The van der Waals surface area contributed by atoms with Gasteiger partial charge >= 0.3 is 0 Å². The molecule has 0 aliphatic carbocycles. The number of aromatic nitrogens is 1. The molecule has 6 heteroatoms. The summed E-state index contributed by atoms with van der Waals surface area (Å²) >= 11 is 1.74. The molecule has 1 aromatic rings. The summed E-state index contributed by atoms with van der Waals surface area (Å²) in [6, 6.07) is 0. The van der Waals surface area contributed by atoms with E-state index in [-0.39, 0.29) is 0 Å². The van der Waals surface area contributed by atoms with Gasteiger partial charge in [-0.25, -0.2) is 4.98 Å². The first-order valence-corrected chi connectivity index (χ1v) is 8.58. The lowest BCUT2D eigenvalue weighted by molar-refractivity contribution is 0.0767. The molecule has 5 nitrogen and oxygen atoms in total. The maximum Gasteiger partial charge on any atom is 0.193 e. The molecule has 3 aliphatic rings. The molecule has 0 amide bonds. The first-order valence-electron chi connectivity index (χ1n) is 7.77. The highest BCUT2D eigenvalue weighted by Crippen LogP contribution is 2.47. The first kappa shape index (κ1) is 13.5. The molecule has 0 saturated carbocycles. The highest BCUT2D eigenvalue weighted by Gasteiger charge is 2.53. The van der Waals surface area contributed by atoms with Gasteiger partial charge in [0.15, 0.2) is 5.96 Å². The van der Waals surface area contributed by atoms with Gasteiger partial charge in [-0.2, -0.15) is 0 Å². The van der Waals surface area contributed by atoms with Crippen molar-refractivity contribution < 1.29 is 4.74 Å². The Kier molecular flexibility index (Phi) is 3.38. The molecule has 0 radical (unpaired) electrons. The molecule has 3 aliphatic heterocycles. The fourth-order valence-electron chi connectivity index (χ4n) is 4.12. The van der Waals surface area contributed by atoms with Crippen molar-refractivity contribution in [2.75, 3.05) is 20.1 Å². The van der Waals surface area contributed by atoms with Crippen molar-refractivity contribution in [3.63, 3.8) is 0 Å². The predicted molar refractivity (Wildman–Crippen MR) is 83.5 cm³/mol. The van der Waals surface area contributed by atoms with Gasteiger partial charge in [0.1, 0.15) is 0 Å². The van der Waals surface area contributed by atoms with Crippen LogP contribution in [0.25, 0.3) is 0 Å². The highest BCUT2D eigenvalue weighted by atomic mass is 32.1. The number of ether oxygens (including phenoxy) is 1. The zero-order chi connectivity index (χ0) is 14.4. The van der Waals surface area contributed by atoms with Gasteiger partial charge in [0.05, 0.1) is 23.8 Å². The zero-order valence-corrected chi connectivity index (χ0v) is 13.4. The number of hydrogen-bond donors (Lipinski definition) is 1. The number of nitrogens with one attached hydrogen (secondary N) is 1. The number of rotatable bonds is 2. The Hall–Kier alpha value is -1.14. The van der Waals surface area contributed by atoms with Crippen LogP contribution in [0.5, 0.6) is 0 Å². The molecule has 4 unspecified atom stereocenters. The maximum absolute atomic E-state index is 6.04. The van der Waals surface area contributed by atoms with Gasteiger partial charge in [0, 0.05) is 43.0 Å². The van der Waals surface area contributed by atoms with E-state index in [9.17, 15) is 0 Å². The van der Waals surface area contributed by atoms with E-state index in [0.717, 1.165) is 30.6 Å². The summed E-state index contributed by atoms with van der Waals surface area (Å²) in [7, 11) is 1.87. The molecule has 3 saturated heterocycles. The average molecular weight is 306 g/mol. The van der Waals surface area contributed by atoms with Crippen LogP contribution in [0.3, 0.4) is 0 Å². The van der Waals surface area contributed by atoms with Gasteiger partial charge in [0.2, 0.25) is 0 Å². The van der Waals surface area contributed by atoms with Crippen molar-refractivity contribution in [2.24, 2.45) is 16.8 Å². The topological polar surface area (TPSA) is 49.8 Å². The second kappa shape index (κ2) is 5.25. The van der Waals surface area contributed by atoms with E-state index in [1.165, 1.54) is 17.7 Å². The summed E-state index contributed by atoms with van der Waals surface area (Å²) < 4.78 is 6.04. The third kappa shape index (κ3) is 2.34. The number of aliphatic imine (C=N–C) groups is 1. The molecular weight excluding hydrogens is 284 g/mol. The van der Waals surface area contributed by atoms with Gasteiger partial charge in [-0.15, -0.1) is 11.3 Å². The van der Waals surface area contributed by atoms with Crippen LogP contribution < -0.4 is 5.32 Å². The molecule has 4 atom stereocenters. The van der Waals surface area contributed by atoms with Crippen LogP contribution in [-0.4, -0.2) is 48.2 Å². The van der Waals surface area contributed by atoms with E-state index in [0.29, 0.717) is 24.0 Å². The van der Waals surface area contributed by atoms with Crippen molar-refractivity contribution in [2.45, 2.75) is 38.5 Å². The third-order valence-corrected chi connectivity index (χ3v) is 5.97. The number of aryl methyl sites for hydroxylation is 1. The lowest BCUT2D eigenvalue weighted by atomic mass is 9.82. The molecule has 4 heterocycles. The van der Waals surface area contributed by atoms with Crippen LogP contribution in [0, 0.1) is 18.8 Å². The Morgan fingerprint density at radius 3 is 2.71 bits per heavy atom. The number of nitrogens with zero attached hydrogens (tertiary/aromatic N) is 3. The van der Waals surface area contributed by atoms with Crippen LogP contribution >= 0.6 is 11.3 Å². The summed E-state index contributed by atoms with van der Waals surface area (Å²) in [4.78, 5) is 12.4. The molecule has 114 valence electrons. The fourth-order valence-corrected chi connectivity index (χ4v) is 4.85. The molecule has 0 aromatic carbocycles. The third-order valence-electron chi connectivity index (χ3n) is 5.05. The fraction of sp³-hybridized carbons (Fsp3) is 0.733. The molecule has 1 aromatic heterocycles. The molecule has 4 rings (SSSR count). The van der Waals surface area contributed by atoms with E-state index in [4.69, 9.17) is 4.74 Å². The van der Waals surface area contributed by atoms with Crippen molar-refractivity contribution in [3.8, 4) is 0 Å². The Morgan fingerprint density at radius 2 is 2.14 bits per heavy atom. The molecule has 2 bridgehead atoms. The van der Waals surface area contributed by atoms with E-state index >= 15 is 0 Å². The Balaban J connectivity index is 1.39. The minimum absolute atomic E-state index is 0.507. The summed E-state index contributed by atoms with van der Waals surface area (Å²) in [6.07, 6.45) is 5.48. The van der Waals surface area contributed by atoms with Crippen LogP contribution in [-0.2, 0) is 11.3 Å². The molecule has 3 fully saturated rings. The molecule has 0 spiro atoms. The standard InChI is InChI=1S/C15H22N4OS/c1-9-17-5-10(21-9)6-18-15(16-2)19-7-11-12(8-19)14-4-3-13(11)20-14/h5,11-14H,3-4,6-8H2,1-2H3,(H,16,18). The predicted octanol–water partition coefficient (Wildman–Crippen LogP) is 1.64. The van der Waals surface area contributed by atoms with Gasteiger partial charge < -0.3 is 15.0 Å². The van der Waals surface area contributed by atoms with Crippen LogP contribution in [0.4, 0.5) is 0 Å².